The molecule has 0 saturated carbocycles. The van der Waals surface area contributed by atoms with Crippen LogP contribution in [0.1, 0.15) is 5.56 Å². The molecule has 1 N–H and O–H groups in total. The topological polar surface area (TPSA) is 92.8 Å². The molecule has 0 radical (unpaired) electrons. The Morgan fingerprint density at radius 1 is 1.33 bits per heavy atom. The van der Waals surface area contributed by atoms with Crippen molar-refractivity contribution < 1.29 is 22.7 Å². The van der Waals surface area contributed by atoms with Crippen LogP contribution in [0, 0.1) is 6.92 Å². The molecule has 0 heterocycles. The molecule has 0 aliphatic heterocycles. The number of hydrogen-bond donors (Lipinski definition) is 1. The molecule has 1 aromatic carbocycles. The monoisotopic (exact) mass is 314 g/mol. The van der Waals surface area contributed by atoms with Crippen LogP contribution in [-0.2, 0) is 19.4 Å². The molecule has 1 rings (SSSR count). The summed E-state index contributed by atoms with van der Waals surface area (Å²) in [7, 11) is -0.714. The van der Waals surface area contributed by atoms with E-state index >= 15 is 0 Å². The standard InChI is InChI=1S/C13H18N2O5S/c1-9-5-6-10(21(4,18)19)7-11(9)14-12(16)8-15(2)13(17)20-3/h5-7H,8H2,1-4H3,(H,14,16). The highest BCUT2D eigenvalue weighted by Gasteiger charge is 2.15. The van der Waals surface area contributed by atoms with Crippen LogP contribution < -0.4 is 5.32 Å². The van der Waals surface area contributed by atoms with E-state index in [1.165, 1.54) is 26.3 Å². The summed E-state index contributed by atoms with van der Waals surface area (Å²) in [6, 6.07) is 4.47. The van der Waals surface area contributed by atoms with E-state index in [-0.39, 0.29) is 11.4 Å². The molecule has 0 spiro atoms. The maximum absolute atomic E-state index is 11.8. The second-order valence-corrected chi connectivity index (χ2v) is 6.64. The number of carbonyl (C=O) groups excluding carboxylic acids is 2. The summed E-state index contributed by atoms with van der Waals surface area (Å²) in [6.45, 7) is 1.54. The molecule has 0 saturated heterocycles. The summed E-state index contributed by atoms with van der Waals surface area (Å²) >= 11 is 0. The highest BCUT2D eigenvalue weighted by molar-refractivity contribution is 7.90. The Kier molecular flexibility index (Phi) is 5.31. The summed E-state index contributed by atoms with van der Waals surface area (Å²) in [5.41, 5.74) is 1.11. The number of benzene rings is 1. The molecule has 0 aromatic heterocycles. The third kappa shape index (κ3) is 4.75. The Balaban J connectivity index is 2.88. The van der Waals surface area contributed by atoms with Crippen molar-refractivity contribution in [3.63, 3.8) is 0 Å². The van der Waals surface area contributed by atoms with Gasteiger partial charge >= 0.3 is 6.09 Å². The van der Waals surface area contributed by atoms with Crippen LogP contribution in [0.4, 0.5) is 10.5 Å². The predicted octanol–water partition coefficient (Wildman–Crippen LogP) is 1.04. The van der Waals surface area contributed by atoms with Gasteiger partial charge in [-0.15, -0.1) is 0 Å². The van der Waals surface area contributed by atoms with Gasteiger partial charge < -0.3 is 15.0 Å². The number of rotatable bonds is 4. The summed E-state index contributed by atoms with van der Waals surface area (Å²) in [5.74, 6) is -0.448. The first-order chi connectivity index (χ1) is 9.65. The Bertz CT molecular complexity index is 655. The van der Waals surface area contributed by atoms with Crippen molar-refractivity contribution in [2.45, 2.75) is 11.8 Å². The van der Waals surface area contributed by atoms with Gasteiger partial charge in [0.05, 0.1) is 12.0 Å². The van der Waals surface area contributed by atoms with Gasteiger partial charge in [-0.1, -0.05) is 6.07 Å². The Morgan fingerprint density at radius 2 is 1.95 bits per heavy atom. The summed E-state index contributed by atoms with van der Waals surface area (Å²) in [6.07, 6.45) is 0.459. The zero-order chi connectivity index (χ0) is 16.2. The fourth-order valence-corrected chi connectivity index (χ4v) is 2.24. The van der Waals surface area contributed by atoms with Crippen LogP contribution in [0.5, 0.6) is 0 Å². The van der Waals surface area contributed by atoms with E-state index in [2.05, 4.69) is 10.1 Å². The minimum Gasteiger partial charge on any atom is -0.453 e. The summed E-state index contributed by atoms with van der Waals surface area (Å²) in [4.78, 5) is 24.3. The molecule has 0 bridgehead atoms. The number of likely N-dealkylation sites (N-methyl/N-ethyl adjacent to an activating group) is 1. The number of nitrogens with one attached hydrogen (secondary N) is 1. The van der Waals surface area contributed by atoms with Crippen LogP contribution >= 0.6 is 0 Å². The van der Waals surface area contributed by atoms with Crippen LogP contribution in [-0.4, -0.2) is 52.3 Å². The molecule has 0 atom stereocenters. The third-order valence-corrected chi connectivity index (χ3v) is 3.89. The van der Waals surface area contributed by atoms with Gasteiger partial charge in [0.15, 0.2) is 9.84 Å². The van der Waals surface area contributed by atoms with E-state index in [0.29, 0.717) is 5.69 Å². The number of ether oxygens (including phenoxy) is 1. The molecular formula is C13H18N2O5S. The van der Waals surface area contributed by atoms with Gasteiger partial charge in [0.25, 0.3) is 0 Å². The molecule has 0 aliphatic rings. The van der Waals surface area contributed by atoms with E-state index in [1.54, 1.807) is 13.0 Å². The minimum atomic E-state index is -3.35. The van der Waals surface area contributed by atoms with Gasteiger partial charge in [-0.25, -0.2) is 13.2 Å². The smallest absolute Gasteiger partial charge is 0.409 e. The molecule has 7 nitrogen and oxygen atoms in total. The second-order valence-electron chi connectivity index (χ2n) is 4.62. The quantitative estimate of drug-likeness (QED) is 0.896. The number of sulfone groups is 1. The minimum absolute atomic E-state index is 0.115. The lowest BCUT2D eigenvalue weighted by molar-refractivity contribution is -0.116. The molecule has 1 aromatic rings. The van der Waals surface area contributed by atoms with Crippen molar-refractivity contribution in [1.82, 2.24) is 4.90 Å². The number of anilines is 1. The Labute approximate surface area is 123 Å². The number of nitrogens with zero attached hydrogens (tertiary/aromatic N) is 1. The van der Waals surface area contributed by atoms with Gasteiger partial charge in [-0.2, -0.15) is 0 Å². The fraction of sp³-hybridized carbons (Fsp3) is 0.385. The third-order valence-electron chi connectivity index (χ3n) is 2.78. The first kappa shape index (κ1) is 17.0. The van der Waals surface area contributed by atoms with Gasteiger partial charge in [-0.05, 0) is 24.6 Å². The zero-order valence-electron chi connectivity index (χ0n) is 12.3. The van der Waals surface area contributed by atoms with Crippen molar-refractivity contribution in [2.75, 3.05) is 32.3 Å². The van der Waals surface area contributed by atoms with Gasteiger partial charge in [0, 0.05) is 19.0 Å². The molecule has 116 valence electrons. The Hall–Kier alpha value is -2.09. The highest BCUT2D eigenvalue weighted by atomic mass is 32.2. The second kappa shape index (κ2) is 6.57. The molecule has 0 fully saturated rings. The molecule has 0 unspecified atom stereocenters. The average Bonchev–Trinajstić information content (AvgIpc) is 2.38. The van der Waals surface area contributed by atoms with Crippen molar-refractivity contribution in [1.29, 1.82) is 0 Å². The maximum atomic E-state index is 11.8. The lowest BCUT2D eigenvalue weighted by atomic mass is 10.2. The molecule has 21 heavy (non-hydrogen) atoms. The van der Waals surface area contributed by atoms with Crippen molar-refractivity contribution >= 4 is 27.5 Å². The van der Waals surface area contributed by atoms with Crippen molar-refractivity contribution in [3.8, 4) is 0 Å². The maximum Gasteiger partial charge on any atom is 0.409 e. The summed E-state index contributed by atoms with van der Waals surface area (Å²) in [5, 5.41) is 2.58. The van der Waals surface area contributed by atoms with Crippen molar-refractivity contribution in [2.24, 2.45) is 0 Å². The van der Waals surface area contributed by atoms with E-state index in [9.17, 15) is 18.0 Å². The van der Waals surface area contributed by atoms with E-state index in [4.69, 9.17) is 0 Å². The molecule has 0 aliphatic carbocycles. The van der Waals surface area contributed by atoms with Crippen LogP contribution in [0.15, 0.2) is 23.1 Å². The van der Waals surface area contributed by atoms with Crippen molar-refractivity contribution in [3.05, 3.63) is 23.8 Å². The van der Waals surface area contributed by atoms with Crippen LogP contribution in [0.2, 0.25) is 0 Å². The molecule has 8 heteroatoms. The number of methoxy groups -OCH3 is 1. The number of hydrogen-bond acceptors (Lipinski definition) is 5. The van der Waals surface area contributed by atoms with E-state index in [1.807, 2.05) is 0 Å². The first-order valence-corrected chi connectivity index (χ1v) is 7.94. The predicted molar refractivity (Wildman–Crippen MR) is 78.0 cm³/mol. The average molecular weight is 314 g/mol. The first-order valence-electron chi connectivity index (χ1n) is 6.04. The number of amides is 2. The number of carbonyl (C=O) groups is 2. The van der Waals surface area contributed by atoms with Crippen LogP contribution in [0.3, 0.4) is 0 Å². The lowest BCUT2D eigenvalue weighted by Crippen LogP contribution is -2.34. The number of aryl methyl sites for hydroxylation is 1. The molecule has 2 amide bonds. The van der Waals surface area contributed by atoms with E-state index in [0.717, 1.165) is 16.7 Å². The van der Waals surface area contributed by atoms with Gasteiger partial charge in [-0.3, -0.25) is 4.79 Å². The Morgan fingerprint density at radius 3 is 2.48 bits per heavy atom. The van der Waals surface area contributed by atoms with Gasteiger partial charge in [0.2, 0.25) is 5.91 Å². The van der Waals surface area contributed by atoms with Crippen LogP contribution in [0.25, 0.3) is 0 Å². The highest BCUT2D eigenvalue weighted by Crippen LogP contribution is 2.20. The normalized spacial score (nSPS) is 10.9. The van der Waals surface area contributed by atoms with Gasteiger partial charge in [0.1, 0.15) is 6.54 Å². The largest absolute Gasteiger partial charge is 0.453 e. The SMILES string of the molecule is COC(=O)N(C)CC(=O)Nc1cc(S(C)(=O)=O)ccc1C. The molecular weight excluding hydrogens is 296 g/mol. The lowest BCUT2D eigenvalue weighted by Gasteiger charge is -2.16. The van der Waals surface area contributed by atoms with E-state index < -0.39 is 21.8 Å². The summed E-state index contributed by atoms with van der Waals surface area (Å²) < 4.78 is 27.5. The fourth-order valence-electron chi connectivity index (χ4n) is 1.59. The zero-order valence-corrected chi connectivity index (χ0v) is 13.2.